The van der Waals surface area contributed by atoms with Gasteiger partial charge in [-0.3, -0.25) is 19.8 Å². The Morgan fingerprint density at radius 2 is 1.93 bits per heavy atom. The molecule has 0 unspecified atom stereocenters. The van der Waals surface area contributed by atoms with Crippen LogP contribution >= 0.6 is 34.8 Å². The van der Waals surface area contributed by atoms with Crippen LogP contribution in [0.4, 0.5) is 10.1 Å². The van der Waals surface area contributed by atoms with Crippen LogP contribution in [-0.2, 0) is 9.59 Å². The molecule has 1 aliphatic heterocycles. The van der Waals surface area contributed by atoms with E-state index < -0.39 is 17.6 Å². The minimum atomic E-state index is -0.588. The highest BCUT2D eigenvalue weighted by Crippen LogP contribution is 2.26. The third kappa shape index (κ3) is 4.28. The number of thiocarbonyl (C=S) groups is 1. The molecule has 8 heteroatoms. The van der Waals surface area contributed by atoms with Gasteiger partial charge < -0.3 is 4.74 Å². The Hall–Kier alpha value is -2.59. The highest BCUT2D eigenvalue weighted by Gasteiger charge is 2.34. The third-order valence-corrected chi connectivity index (χ3v) is 4.94. The van der Waals surface area contributed by atoms with Crippen molar-refractivity contribution < 1.29 is 18.7 Å². The van der Waals surface area contributed by atoms with Crippen molar-refractivity contribution in [1.29, 1.82) is 0 Å². The molecule has 0 radical (unpaired) electrons. The van der Waals surface area contributed by atoms with Crippen molar-refractivity contribution in [2.75, 3.05) is 11.5 Å². The zero-order chi connectivity index (χ0) is 20.3. The third-order valence-electron chi connectivity index (χ3n) is 3.81. The van der Waals surface area contributed by atoms with Crippen molar-refractivity contribution >= 4 is 63.5 Å². The molecule has 1 fully saturated rings. The number of anilines is 1. The number of carbonyl (C=O) groups is 2. The number of hydrogen-bond acceptors (Lipinski definition) is 4. The SMILES string of the molecule is C=CCOc1ccc(C=C2C(=O)NC(=S)N(c3ccc(F)cc3)C2=O)cc1I. The first-order chi connectivity index (χ1) is 13.4. The molecular formula is C20H14FIN2O3S. The summed E-state index contributed by atoms with van der Waals surface area (Å²) < 4.78 is 19.5. The fourth-order valence-electron chi connectivity index (χ4n) is 2.52. The molecule has 2 aromatic rings. The molecule has 3 rings (SSSR count). The first-order valence-electron chi connectivity index (χ1n) is 8.11. The van der Waals surface area contributed by atoms with Crippen molar-refractivity contribution in [3.05, 3.63) is 75.6 Å². The number of ether oxygens (including phenoxy) is 1. The second-order valence-corrected chi connectivity index (χ2v) is 7.27. The molecule has 1 heterocycles. The lowest BCUT2D eigenvalue weighted by atomic mass is 10.1. The van der Waals surface area contributed by atoms with Crippen molar-refractivity contribution in [3.63, 3.8) is 0 Å². The van der Waals surface area contributed by atoms with Gasteiger partial charge in [-0.25, -0.2) is 4.39 Å². The van der Waals surface area contributed by atoms with Crippen molar-refractivity contribution in [2.45, 2.75) is 0 Å². The molecule has 0 atom stereocenters. The van der Waals surface area contributed by atoms with E-state index in [1.54, 1.807) is 24.3 Å². The maximum Gasteiger partial charge on any atom is 0.270 e. The Bertz CT molecular complexity index is 1010. The van der Waals surface area contributed by atoms with Gasteiger partial charge in [-0.1, -0.05) is 18.7 Å². The Kier molecular flexibility index (Phi) is 6.20. The van der Waals surface area contributed by atoms with E-state index in [-0.39, 0.29) is 10.7 Å². The molecule has 0 saturated carbocycles. The number of amides is 2. The average Bonchev–Trinajstić information content (AvgIpc) is 2.66. The van der Waals surface area contributed by atoms with Gasteiger partial charge in [0.05, 0.1) is 9.26 Å². The summed E-state index contributed by atoms with van der Waals surface area (Å²) in [7, 11) is 0. The predicted octanol–water partition coefficient (Wildman–Crippen LogP) is 3.83. The minimum Gasteiger partial charge on any atom is -0.488 e. The van der Waals surface area contributed by atoms with Gasteiger partial charge in [0.25, 0.3) is 11.8 Å². The molecule has 0 spiro atoms. The highest BCUT2D eigenvalue weighted by molar-refractivity contribution is 14.1. The van der Waals surface area contributed by atoms with Crippen LogP contribution < -0.4 is 15.0 Å². The molecule has 142 valence electrons. The summed E-state index contributed by atoms with van der Waals surface area (Å²) >= 11 is 7.23. The van der Waals surface area contributed by atoms with Gasteiger partial charge in [0.15, 0.2) is 5.11 Å². The van der Waals surface area contributed by atoms with Gasteiger partial charge in [0, 0.05) is 0 Å². The van der Waals surface area contributed by atoms with Gasteiger partial charge in [-0.15, -0.1) is 0 Å². The standard InChI is InChI=1S/C20H14FIN2O3S/c1-2-9-27-17-8-3-12(11-16(17)22)10-15-18(25)23-20(28)24(19(15)26)14-6-4-13(21)5-7-14/h2-8,10-11H,1,9H2,(H,23,25,28). The lowest BCUT2D eigenvalue weighted by molar-refractivity contribution is -0.122. The second kappa shape index (κ2) is 8.61. The summed E-state index contributed by atoms with van der Waals surface area (Å²) in [5.41, 5.74) is 0.944. The maximum atomic E-state index is 13.2. The number of carbonyl (C=O) groups excluding carboxylic acids is 2. The van der Waals surface area contributed by atoms with E-state index in [1.165, 1.54) is 30.3 Å². The molecule has 0 bridgehead atoms. The summed E-state index contributed by atoms with van der Waals surface area (Å²) in [6, 6.07) is 10.6. The fraction of sp³-hybridized carbons (Fsp3) is 0.0500. The smallest absolute Gasteiger partial charge is 0.270 e. The van der Waals surface area contributed by atoms with Crippen LogP contribution in [0.1, 0.15) is 5.56 Å². The second-order valence-electron chi connectivity index (χ2n) is 5.72. The Labute approximate surface area is 180 Å². The van der Waals surface area contributed by atoms with Gasteiger partial charge in [0.1, 0.15) is 23.7 Å². The molecule has 2 amide bonds. The van der Waals surface area contributed by atoms with Crippen molar-refractivity contribution in [2.24, 2.45) is 0 Å². The van der Waals surface area contributed by atoms with Gasteiger partial charge in [0.2, 0.25) is 0 Å². The molecule has 2 aromatic carbocycles. The van der Waals surface area contributed by atoms with E-state index in [0.29, 0.717) is 23.6 Å². The topological polar surface area (TPSA) is 58.6 Å². The minimum absolute atomic E-state index is 0.0542. The number of rotatable bonds is 5. The van der Waals surface area contributed by atoms with Crippen molar-refractivity contribution in [3.8, 4) is 5.75 Å². The van der Waals surface area contributed by atoms with E-state index in [9.17, 15) is 14.0 Å². The fourth-order valence-corrected chi connectivity index (χ4v) is 3.50. The largest absolute Gasteiger partial charge is 0.488 e. The Balaban J connectivity index is 1.93. The van der Waals surface area contributed by atoms with Crippen LogP contribution in [0.5, 0.6) is 5.75 Å². The van der Waals surface area contributed by atoms with E-state index >= 15 is 0 Å². The van der Waals surface area contributed by atoms with Crippen LogP contribution in [-0.4, -0.2) is 23.5 Å². The quantitative estimate of drug-likeness (QED) is 0.220. The van der Waals surface area contributed by atoms with E-state index in [2.05, 4.69) is 34.5 Å². The zero-order valence-corrected chi connectivity index (χ0v) is 17.4. The number of hydrogen-bond donors (Lipinski definition) is 1. The molecule has 1 aliphatic rings. The first kappa shape index (κ1) is 20.2. The van der Waals surface area contributed by atoms with Gasteiger partial charge >= 0.3 is 0 Å². The molecule has 28 heavy (non-hydrogen) atoms. The van der Waals surface area contributed by atoms with Crippen LogP contribution in [0.15, 0.2) is 60.7 Å². The van der Waals surface area contributed by atoms with Crippen molar-refractivity contribution in [1.82, 2.24) is 5.32 Å². The number of nitrogens with one attached hydrogen (secondary N) is 1. The van der Waals surface area contributed by atoms with Gasteiger partial charge in [-0.05, 0) is 82.8 Å². The molecule has 1 N–H and O–H groups in total. The summed E-state index contributed by atoms with van der Waals surface area (Å²) in [6.45, 7) is 3.98. The lowest BCUT2D eigenvalue weighted by Crippen LogP contribution is -2.54. The van der Waals surface area contributed by atoms with E-state index in [0.717, 1.165) is 8.47 Å². The molecule has 1 saturated heterocycles. The molecule has 5 nitrogen and oxygen atoms in total. The maximum absolute atomic E-state index is 13.2. The zero-order valence-electron chi connectivity index (χ0n) is 14.4. The summed E-state index contributed by atoms with van der Waals surface area (Å²) in [4.78, 5) is 26.4. The average molecular weight is 508 g/mol. The predicted molar refractivity (Wildman–Crippen MR) is 117 cm³/mol. The normalized spacial score (nSPS) is 15.6. The van der Waals surface area contributed by atoms with E-state index in [4.69, 9.17) is 17.0 Å². The lowest BCUT2D eigenvalue weighted by Gasteiger charge is -2.28. The molecular weight excluding hydrogens is 494 g/mol. The number of benzene rings is 2. The van der Waals surface area contributed by atoms with Crippen LogP contribution in [0.25, 0.3) is 6.08 Å². The summed E-state index contributed by atoms with van der Waals surface area (Å²) in [5.74, 6) is -0.929. The monoisotopic (exact) mass is 508 g/mol. The number of halogens is 2. The van der Waals surface area contributed by atoms with Gasteiger partial charge in [-0.2, -0.15) is 0 Å². The Morgan fingerprint density at radius 3 is 2.57 bits per heavy atom. The highest BCUT2D eigenvalue weighted by atomic mass is 127. The van der Waals surface area contributed by atoms with Crippen LogP contribution in [0.3, 0.4) is 0 Å². The summed E-state index contributed by atoms with van der Waals surface area (Å²) in [6.07, 6.45) is 3.12. The first-order valence-corrected chi connectivity index (χ1v) is 9.59. The van der Waals surface area contributed by atoms with E-state index in [1.807, 2.05) is 0 Å². The van der Waals surface area contributed by atoms with Crippen LogP contribution in [0, 0.1) is 9.39 Å². The molecule has 0 aliphatic carbocycles. The molecule has 0 aromatic heterocycles. The summed E-state index contributed by atoms with van der Waals surface area (Å²) in [5, 5.41) is 2.44. The Morgan fingerprint density at radius 1 is 1.21 bits per heavy atom. The number of nitrogens with zero attached hydrogens (tertiary/aromatic N) is 1. The van der Waals surface area contributed by atoms with Crippen LogP contribution in [0.2, 0.25) is 0 Å².